The lowest BCUT2D eigenvalue weighted by Crippen LogP contribution is -2.49. The molecule has 0 aliphatic heterocycles. The molecule has 0 bridgehead atoms. The molecule has 0 aromatic heterocycles. The Balaban J connectivity index is 2.29. The summed E-state index contributed by atoms with van der Waals surface area (Å²) in [6.07, 6.45) is 0. The van der Waals surface area contributed by atoms with Crippen molar-refractivity contribution in [2.75, 3.05) is 19.4 Å². The number of urea groups is 1. The molecule has 2 rings (SSSR count). The van der Waals surface area contributed by atoms with E-state index in [0.717, 1.165) is 5.69 Å². The molecule has 0 atom stereocenters. The van der Waals surface area contributed by atoms with E-state index >= 15 is 0 Å². The fourth-order valence-electron chi connectivity index (χ4n) is 1.83. The highest BCUT2D eigenvalue weighted by Crippen LogP contribution is 2.30. The second-order valence-corrected chi connectivity index (χ2v) is 5.63. The number of halogens is 2. The molecule has 0 aliphatic rings. The van der Waals surface area contributed by atoms with Gasteiger partial charge in [-0.2, -0.15) is 0 Å². The lowest BCUT2D eigenvalue weighted by Gasteiger charge is -2.27. The summed E-state index contributed by atoms with van der Waals surface area (Å²) in [4.78, 5) is 12.5. The molecule has 5 heteroatoms. The molecule has 0 aliphatic carbocycles. The van der Waals surface area contributed by atoms with Gasteiger partial charge >= 0.3 is 6.03 Å². The molecule has 1 N–H and O–H groups in total. The SMILES string of the molecule is C[N+](C)(C(=O)Nc1ccccc1Cl)c1ccccc1Cl. The van der Waals surface area contributed by atoms with E-state index in [1.54, 1.807) is 32.3 Å². The molecular formula is C15H15Cl2N2O+. The third-order valence-electron chi connectivity index (χ3n) is 3.08. The molecule has 104 valence electrons. The van der Waals surface area contributed by atoms with E-state index in [4.69, 9.17) is 23.2 Å². The second-order valence-electron chi connectivity index (χ2n) is 4.81. The maximum absolute atomic E-state index is 12.5. The summed E-state index contributed by atoms with van der Waals surface area (Å²) < 4.78 is -0.0229. The number of nitrogens with zero attached hydrogens (tertiary/aromatic N) is 1. The molecular weight excluding hydrogens is 295 g/mol. The number of amides is 2. The minimum atomic E-state index is -0.216. The van der Waals surface area contributed by atoms with Gasteiger partial charge in [0.05, 0.1) is 24.8 Å². The first-order chi connectivity index (χ1) is 9.43. The number of para-hydroxylation sites is 2. The lowest BCUT2D eigenvalue weighted by molar-refractivity contribution is 0.230. The molecule has 2 aromatic carbocycles. The van der Waals surface area contributed by atoms with E-state index in [-0.39, 0.29) is 10.5 Å². The summed E-state index contributed by atoms with van der Waals surface area (Å²) in [5, 5.41) is 3.87. The summed E-state index contributed by atoms with van der Waals surface area (Å²) in [7, 11) is 3.54. The smallest absolute Gasteiger partial charge is 0.273 e. The highest BCUT2D eigenvalue weighted by molar-refractivity contribution is 6.34. The van der Waals surface area contributed by atoms with Crippen LogP contribution >= 0.6 is 23.2 Å². The molecule has 2 aromatic rings. The van der Waals surface area contributed by atoms with Gasteiger partial charge in [-0.05, 0) is 18.2 Å². The fourth-order valence-corrected chi connectivity index (χ4v) is 2.36. The number of hydrogen-bond donors (Lipinski definition) is 1. The highest BCUT2D eigenvalue weighted by atomic mass is 35.5. The third-order valence-corrected chi connectivity index (χ3v) is 3.73. The van der Waals surface area contributed by atoms with Crippen LogP contribution in [0.2, 0.25) is 10.0 Å². The third kappa shape index (κ3) is 2.96. The maximum atomic E-state index is 12.5. The molecule has 0 fully saturated rings. The molecule has 0 saturated carbocycles. The van der Waals surface area contributed by atoms with Crippen LogP contribution in [-0.2, 0) is 0 Å². The van der Waals surface area contributed by atoms with Crippen molar-refractivity contribution in [3.63, 3.8) is 0 Å². The van der Waals surface area contributed by atoms with Crippen molar-refractivity contribution < 1.29 is 4.79 Å². The zero-order valence-electron chi connectivity index (χ0n) is 11.2. The van der Waals surface area contributed by atoms with Crippen LogP contribution < -0.4 is 9.80 Å². The van der Waals surface area contributed by atoms with Crippen LogP contribution in [0.4, 0.5) is 16.2 Å². The normalized spacial score (nSPS) is 11.2. The van der Waals surface area contributed by atoms with Crippen molar-refractivity contribution in [1.29, 1.82) is 0 Å². The Morgan fingerprint density at radius 3 is 2.10 bits per heavy atom. The van der Waals surface area contributed by atoms with Crippen molar-refractivity contribution in [2.24, 2.45) is 0 Å². The average molecular weight is 310 g/mol. The number of anilines is 1. The zero-order valence-corrected chi connectivity index (χ0v) is 12.7. The highest BCUT2D eigenvalue weighted by Gasteiger charge is 2.32. The Kier molecular flexibility index (Phi) is 4.33. The van der Waals surface area contributed by atoms with E-state index in [2.05, 4.69) is 5.32 Å². The molecule has 20 heavy (non-hydrogen) atoms. The van der Waals surface area contributed by atoms with Crippen molar-refractivity contribution in [2.45, 2.75) is 0 Å². The van der Waals surface area contributed by atoms with Gasteiger partial charge in [0.15, 0.2) is 5.69 Å². The van der Waals surface area contributed by atoms with E-state index in [1.165, 1.54) is 0 Å². The van der Waals surface area contributed by atoms with Crippen molar-refractivity contribution >= 4 is 40.6 Å². The number of carbonyl (C=O) groups excluding carboxylic acids is 1. The average Bonchev–Trinajstić information content (AvgIpc) is 2.41. The van der Waals surface area contributed by atoms with Gasteiger partial charge in [0.2, 0.25) is 0 Å². The van der Waals surface area contributed by atoms with Crippen LogP contribution in [0.3, 0.4) is 0 Å². The Hall–Kier alpha value is -1.55. The van der Waals surface area contributed by atoms with Crippen molar-refractivity contribution in [1.82, 2.24) is 4.48 Å². The fraction of sp³-hybridized carbons (Fsp3) is 0.133. The quantitative estimate of drug-likeness (QED) is 0.794. The topological polar surface area (TPSA) is 29.1 Å². The number of carbonyl (C=O) groups is 1. The first-order valence-electron chi connectivity index (χ1n) is 6.08. The van der Waals surface area contributed by atoms with E-state index < -0.39 is 0 Å². The van der Waals surface area contributed by atoms with Gasteiger partial charge in [-0.1, -0.05) is 47.5 Å². The summed E-state index contributed by atoms with van der Waals surface area (Å²) in [6.45, 7) is 0. The second kappa shape index (κ2) is 5.83. The summed E-state index contributed by atoms with van der Waals surface area (Å²) in [5.41, 5.74) is 1.30. The lowest BCUT2D eigenvalue weighted by atomic mass is 10.2. The van der Waals surface area contributed by atoms with Gasteiger partial charge in [0.25, 0.3) is 0 Å². The monoisotopic (exact) mass is 309 g/mol. The number of benzene rings is 2. The van der Waals surface area contributed by atoms with Crippen LogP contribution in [0.25, 0.3) is 0 Å². The number of nitrogens with one attached hydrogen (secondary N) is 1. The summed E-state index contributed by atoms with van der Waals surface area (Å²) >= 11 is 12.2. The van der Waals surface area contributed by atoms with Crippen LogP contribution in [0.15, 0.2) is 48.5 Å². The Bertz CT molecular complexity index is 641. The van der Waals surface area contributed by atoms with Gasteiger partial charge in [-0.15, -0.1) is 0 Å². The van der Waals surface area contributed by atoms with Gasteiger partial charge < -0.3 is 0 Å². The van der Waals surface area contributed by atoms with Crippen LogP contribution in [0.5, 0.6) is 0 Å². The molecule has 0 heterocycles. The largest absolute Gasteiger partial charge is 0.425 e. The predicted molar refractivity (Wildman–Crippen MR) is 85.6 cm³/mol. The van der Waals surface area contributed by atoms with Crippen LogP contribution in [-0.4, -0.2) is 20.1 Å². The first kappa shape index (κ1) is 14.9. The van der Waals surface area contributed by atoms with Gasteiger partial charge in [0.1, 0.15) is 5.02 Å². The van der Waals surface area contributed by atoms with Crippen LogP contribution in [0.1, 0.15) is 0 Å². The number of quaternary nitrogens is 1. The Labute approximate surface area is 128 Å². The van der Waals surface area contributed by atoms with E-state index in [0.29, 0.717) is 15.7 Å². The van der Waals surface area contributed by atoms with Crippen molar-refractivity contribution in [3.05, 3.63) is 58.6 Å². The summed E-state index contributed by atoms with van der Waals surface area (Å²) in [5.74, 6) is 0. The molecule has 0 saturated heterocycles. The van der Waals surface area contributed by atoms with Crippen LogP contribution in [0, 0.1) is 0 Å². The predicted octanol–water partition coefficient (Wildman–Crippen LogP) is 4.79. The number of rotatable bonds is 2. The minimum Gasteiger partial charge on any atom is -0.273 e. The van der Waals surface area contributed by atoms with Gasteiger partial charge in [0, 0.05) is 6.07 Å². The van der Waals surface area contributed by atoms with Gasteiger partial charge in [-0.25, -0.2) is 9.28 Å². The maximum Gasteiger partial charge on any atom is 0.425 e. The molecule has 2 amide bonds. The zero-order chi connectivity index (χ0) is 14.8. The molecule has 0 unspecified atom stereocenters. The van der Waals surface area contributed by atoms with E-state index in [1.807, 2.05) is 30.3 Å². The van der Waals surface area contributed by atoms with E-state index in [9.17, 15) is 4.79 Å². The first-order valence-corrected chi connectivity index (χ1v) is 6.83. The molecule has 0 radical (unpaired) electrons. The van der Waals surface area contributed by atoms with Crippen molar-refractivity contribution in [3.8, 4) is 0 Å². The molecule has 0 spiro atoms. The van der Waals surface area contributed by atoms with Gasteiger partial charge in [-0.3, -0.25) is 5.32 Å². The standard InChI is InChI=1S/C15H14Cl2N2O/c1-19(2,14-10-6-4-8-12(14)17)15(20)18-13-9-5-3-7-11(13)16/h3-10H,1-2H3/p+1. The molecule has 3 nitrogen and oxygen atoms in total. The Morgan fingerprint density at radius 2 is 1.50 bits per heavy atom. The summed E-state index contributed by atoms with van der Waals surface area (Å²) in [6, 6.07) is 14.2. The Morgan fingerprint density at radius 1 is 0.950 bits per heavy atom. The minimum absolute atomic E-state index is 0.0229. The number of hydrogen-bond acceptors (Lipinski definition) is 1.